The molecule has 0 aliphatic carbocycles. The van der Waals surface area contributed by atoms with Crippen LogP contribution in [0.3, 0.4) is 0 Å². The number of nitrogens with zero attached hydrogens (tertiary/aromatic N) is 4. The predicted molar refractivity (Wildman–Crippen MR) is 113 cm³/mol. The standard InChI is InChI=1S/C21H24N4O2S/c1-6-8-12(2)9-7-10-16-19-13(3)14(4)28-21(19)25-15(5)23-24-20(25)17(22-16)11-18(26)27/h6-9,17H,1,10-11H2,2-5H3,(H,26,27)/b9-7-,12-8-/t17-/m0/s1. The molecule has 6 nitrogen and oxygen atoms in total. The van der Waals surface area contributed by atoms with Crippen molar-refractivity contribution in [2.75, 3.05) is 0 Å². The van der Waals surface area contributed by atoms with Crippen molar-refractivity contribution in [2.24, 2.45) is 4.99 Å². The maximum Gasteiger partial charge on any atom is 0.306 e. The molecule has 0 spiro atoms. The van der Waals surface area contributed by atoms with Crippen molar-refractivity contribution in [3.63, 3.8) is 0 Å². The molecule has 1 atom stereocenters. The molecule has 146 valence electrons. The topological polar surface area (TPSA) is 80.4 Å². The van der Waals surface area contributed by atoms with Crippen molar-refractivity contribution >= 4 is 23.0 Å². The third-order valence-corrected chi connectivity index (χ3v) is 5.95. The highest BCUT2D eigenvalue weighted by Gasteiger charge is 2.31. The van der Waals surface area contributed by atoms with E-state index in [1.165, 1.54) is 10.4 Å². The van der Waals surface area contributed by atoms with Crippen LogP contribution in [0.2, 0.25) is 0 Å². The Balaban J connectivity index is 2.14. The minimum atomic E-state index is -0.904. The number of aliphatic carboxylic acids is 1. The second-order valence-corrected chi connectivity index (χ2v) is 8.05. The number of allylic oxidation sites excluding steroid dienone is 5. The highest BCUT2D eigenvalue weighted by molar-refractivity contribution is 7.15. The molecular weight excluding hydrogens is 372 g/mol. The average Bonchev–Trinajstić information content (AvgIpc) is 3.09. The first-order chi connectivity index (χ1) is 13.3. The molecule has 28 heavy (non-hydrogen) atoms. The van der Waals surface area contributed by atoms with Crippen LogP contribution in [-0.4, -0.2) is 31.6 Å². The average molecular weight is 397 g/mol. The molecule has 3 heterocycles. The summed E-state index contributed by atoms with van der Waals surface area (Å²) in [4.78, 5) is 17.5. The van der Waals surface area contributed by atoms with Crippen LogP contribution in [0.5, 0.6) is 0 Å². The van der Waals surface area contributed by atoms with Crippen LogP contribution in [0.15, 0.2) is 41.4 Å². The van der Waals surface area contributed by atoms with Gasteiger partial charge < -0.3 is 5.11 Å². The molecule has 0 aromatic carbocycles. The third-order valence-electron chi connectivity index (χ3n) is 4.76. The van der Waals surface area contributed by atoms with E-state index in [1.807, 2.05) is 30.6 Å². The number of thiophene rings is 1. The van der Waals surface area contributed by atoms with Gasteiger partial charge in [0.15, 0.2) is 5.82 Å². The lowest BCUT2D eigenvalue weighted by atomic mass is 10.0. The molecule has 0 radical (unpaired) electrons. The van der Waals surface area contributed by atoms with Crippen LogP contribution in [0.25, 0.3) is 5.00 Å². The van der Waals surface area contributed by atoms with E-state index in [2.05, 4.69) is 36.7 Å². The molecule has 0 unspecified atom stereocenters. The number of carbonyl (C=O) groups is 1. The Kier molecular flexibility index (Phi) is 5.74. The number of aliphatic imine (C=N–C) groups is 1. The van der Waals surface area contributed by atoms with Crippen molar-refractivity contribution in [3.8, 4) is 5.00 Å². The molecule has 0 amide bonds. The highest BCUT2D eigenvalue weighted by Crippen LogP contribution is 2.38. The van der Waals surface area contributed by atoms with E-state index < -0.39 is 12.0 Å². The predicted octanol–water partition coefficient (Wildman–Crippen LogP) is 4.65. The van der Waals surface area contributed by atoms with Gasteiger partial charge in [0.05, 0.1) is 6.42 Å². The Labute approximate surface area is 168 Å². The van der Waals surface area contributed by atoms with E-state index in [0.29, 0.717) is 12.2 Å². The van der Waals surface area contributed by atoms with Gasteiger partial charge in [-0.1, -0.05) is 36.5 Å². The second-order valence-electron chi connectivity index (χ2n) is 6.85. The monoisotopic (exact) mass is 396 g/mol. The van der Waals surface area contributed by atoms with Gasteiger partial charge in [-0.05, 0) is 33.3 Å². The summed E-state index contributed by atoms with van der Waals surface area (Å²) in [7, 11) is 0. The molecule has 7 heteroatoms. The van der Waals surface area contributed by atoms with Gasteiger partial charge in [-0.2, -0.15) is 0 Å². The lowest BCUT2D eigenvalue weighted by Gasteiger charge is -2.09. The Morgan fingerprint density at radius 2 is 2.07 bits per heavy atom. The first-order valence-electron chi connectivity index (χ1n) is 9.10. The third kappa shape index (κ3) is 3.75. The fourth-order valence-electron chi connectivity index (χ4n) is 3.32. The zero-order valence-corrected chi connectivity index (χ0v) is 17.4. The van der Waals surface area contributed by atoms with Crippen molar-refractivity contribution in [1.82, 2.24) is 14.8 Å². The number of hydrogen-bond donors (Lipinski definition) is 1. The van der Waals surface area contributed by atoms with Gasteiger partial charge in [-0.3, -0.25) is 14.4 Å². The van der Waals surface area contributed by atoms with Crippen LogP contribution >= 0.6 is 11.3 Å². The Hall–Kier alpha value is -2.80. The number of carboxylic acids is 1. The molecule has 2 aromatic heterocycles. The van der Waals surface area contributed by atoms with Gasteiger partial charge in [0.25, 0.3) is 0 Å². The van der Waals surface area contributed by atoms with E-state index in [4.69, 9.17) is 4.99 Å². The largest absolute Gasteiger partial charge is 0.481 e. The quantitative estimate of drug-likeness (QED) is 0.721. The maximum atomic E-state index is 11.5. The number of rotatable bonds is 6. The summed E-state index contributed by atoms with van der Waals surface area (Å²) in [6.07, 6.45) is 8.27. The van der Waals surface area contributed by atoms with Crippen LogP contribution in [0.1, 0.15) is 53.5 Å². The summed E-state index contributed by atoms with van der Waals surface area (Å²) >= 11 is 1.67. The molecule has 2 aromatic rings. The smallest absolute Gasteiger partial charge is 0.306 e. The Morgan fingerprint density at radius 1 is 1.32 bits per heavy atom. The van der Waals surface area contributed by atoms with Crippen molar-refractivity contribution in [1.29, 1.82) is 0 Å². The van der Waals surface area contributed by atoms with E-state index in [0.717, 1.165) is 27.7 Å². The summed E-state index contributed by atoms with van der Waals surface area (Å²) < 4.78 is 1.97. The minimum absolute atomic E-state index is 0.117. The van der Waals surface area contributed by atoms with E-state index >= 15 is 0 Å². The summed E-state index contributed by atoms with van der Waals surface area (Å²) in [5.74, 6) is 0.424. The fraction of sp³-hybridized carbons (Fsp3) is 0.333. The van der Waals surface area contributed by atoms with Crippen LogP contribution < -0.4 is 0 Å². The van der Waals surface area contributed by atoms with E-state index in [-0.39, 0.29) is 6.42 Å². The summed E-state index contributed by atoms with van der Waals surface area (Å²) in [6, 6.07) is -0.564. The van der Waals surface area contributed by atoms with Gasteiger partial charge >= 0.3 is 5.97 Å². The van der Waals surface area contributed by atoms with Crippen LogP contribution in [-0.2, 0) is 4.79 Å². The lowest BCUT2D eigenvalue weighted by Crippen LogP contribution is -2.10. The number of carboxylic acid groups (broad SMARTS) is 1. The van der Waals surface area contributed by atoms with Gasteiger partial charge in [0.1, 0.15) is 16.9 Å². The van der Waals surface area contributed by atoms with Crippen molar-refractivity contribution in [2.45, 2.75) is 46.6 Å². The molecule has 1 aliphatic heterocycles. The molecule has 0 fully saturated rings. The highest BCUT2D eigenvalue weighted by atomic mass is 32.1. The second kappa shape index (κ2) is 8.06. The zero-order chi connectivity index (χ0) is 20.4. The molecular formula is C21H24N4O2S. The Morgan fingerprint density at radius 3 is 2.75 bits per heavy atom. The molecule has 0 saturated carbocycles. The number of hydrogen-bond acceptors (Lipinski definition) is 5. The van der Waals surface area contributed by atoms with Crippen molar-refractivity contribution in [3.05, 3.63) is 64.1 Å². The van der Waals surface area contributed by atoms with Gasteiger partial charge in [0, 0.05) is 22.6 Å². The summed E-state index contributed by atoms with van der Waals surface area (Å²) in [6.45, 7) is 11.8. The summed E-state index contributed by atoms with van der Waals surface area (Å²) in [5, 5.41) is 18.9. The van der Waals surface area contributed by atoms with Crippen LogP contribution in [0, 0.1) is 20.8 Å². The van der Waals surface area contributed by atoms with Crippen molar-refractivity contribution < 1.29 is 9.90 Å². The van der Waals surface area contributed by atoms with Gasteiger partial charge in [-0.15, -0.1) is 21.5 Å². The number of aryl methyl sites for hydroxylation is 2. The lowest BCUT2D eigenvalue weighted by molar-refractivity contribution is -0.137. The Bertz CT molecular complexity index is 1020. The normalized spacial score (nSPS) is 16.5. The molecule has 3 rings (SSSR count). The van der Waals surface area contributed by atoms with Gasteiger partial charge in [-0.25, -0.2) is 0 Å². The molecule has 1 N–H and O–H groups in total. The zero-order valence-electron chi connectivity index (χ0n) is 16.6. The molecule has 0 bridgehead atoms. The SMILES string of the molecule is C=C/C=C(C)\C=C/CC1=N[C@@H](CC(=O)O)c2nnc(C)n2-c2sc(C)c(C)c21. The first-order valence-corrected chi connectivity index (χ1v) is 9.92. The maximum absolute atomic E-state index is 11.5. The molecule has 1 aliphatic rings. The number of aromatic nitrogens is 3. The summed E-state index contributed by atoms with van der Waals surface area (Å²) in [5.41, 5.74) is 4.21. The van der Waals surface area contributed by atoms with Gasteiger partial charge in [0.2, 0.25) is 0 Å². The van der Waals surface area contributed by atoms with E-state index in [1.54, 1.807) is 17.4 Å². The minimum Gasteiger partial charge on any atom is -0.481 e. The van der Waals surface area contributed by atoms with Crippen LogP contribution in [0.4, 0.5) is 0 Å². The first kappa shape index (κ1) is 19.9. The fourth-order valence-corrected chi connectivity index (χ4v) is 4.55. The number of fused-ring (bicyclic) bond motifs is 3. The molecule has 0 saturated heterocycles. The van der Waals surface area contributed by atoms with E-state index in [9.17, 15) is 9.90 Å².